The predicted octanol–water partition coefficient (Wildman–Crippen LogP) is 4.24. The maximum absolute atomic E-state index is 13.5. The molecule has 1 heterocycles. The zero-order chi connectivity index (χ0) is 22.6. The van der Waals surface area contributed by atoms with Gasteiger partial charge < -0.3 is 15.1 Å². The van der Waals surface area contributed by atoms with Crippen LogP contribution < -0.4 is 10.6 Å². The molecule has 0 saturated heterocycles. The van der Waals surface area contributed by atoms with Crippen LogP contribution in [0.5, 0.6) is 0 Å². The first-order valence-electron chi connectivity index (χ1n) is 9.64. The second-order valence-electron chi connectivity index (χ2n) is 7.26. The molecule has 1 aromatic heterocycles. The molecule has 7 nitrogen and oxygen atoms in total. The van der Waals surface area contributed by atoms with Crippen LogP contribution in [0.25, 0.3) is 0 Å². The van der Waals surface area contributed by atoms with E-state index < -0.39 is 56.5 Å². The highest BCUT2D eigenvalue weighted by atomic mass is 32.2. The largest absolute Gasteiger partial charge is 0.459 e. The van der Waals surface area contributed by atoms with Gasteiger partial charge in [-0.1, -0.05) is 12.8 Å². The Balaban J connectivity index is 1.69. The van der Waals surface area contributed by atoms with Crippen molar-refractivity contribution in [3.63, 3.8) is 0 Å². The highest BCUT2D eigenvalue weighted by Crippen LogP contribution is 2.37. The number of hydrogen-bond acceptors (Lipinski definition) is 5. The minimum atomic E-state index is -4.82. The monoisotopic (exact) mass is 458 g/mol. The van der Waals surface area contributed by atoms with Crippen LogP contribution in [0.4, 0.5) is 24.5 Å². The second-order valence-corrected chi connectivity index (χ2v) is 9.66. The number of carbonyl (C=O) groups excluding carboxylic acids is 2. The summed E-state index contributed by atoms with van der Waals surface area (Å²) >= 11 is 0. The first kappa shape index (κ1) is 22.9. The molecule has 31 heavy (non-hydrogen) atoms. The Kier molecular flexibility index (Phi) is 6.73. The molecule has 2 N–H and O–H groups in total. The van der Waals surface area contributed by atoms with E-state index in [2.05, 4.69) is 10.6 Å². The molecule has 11 heteroatoms. The number of anilines is 2. The third-order valence-electron chi connectivity index (χ3n) is 5.03. The Labute approximate surface area is 176 Å². The SMILES string of the molecule is O=C(CCS(=O)(=O)C1CCCC1)Nc1ccc(NC(=O)c2ccco2)cc1C(F)(F)F. The van der Waals surface area contributed by atoms with Gasteiger partial charge >= 0.3 is 6.18 Å². The summed E-state index contributed by atoms with van der Waals surface area (Å²) in [5.74, 6) is -2.05. The lowest BCUT2D eigenvalue weighted by Gasteiger charge is -2.16. The fourth-order valence-corrected chi connectivity index (χ4v) is 5.28. The van der Waals surface area contributed by atoms with E-state index in [0.717, 1.165) is 18.9 Å². The van der Waals surface area contributed by atoms with Gasteiger partial charge in [0, 0.05) is 12.1 Å². The van der Waals surface area contributed by atoms with E-state index in [4.69, 9.17) is 4.42 Å². The van der Waals surface area contributed by atoms with E-state index in [9.17, 15) is 31.2 Å². The number of benzene rings is 1. The molecule has 168 valence electrons. The highest BCUT2D eigenvalue weighted by Gasteiger charge is 2.35. The van der Waals surface area contributed by atoms with Gasteiger partial charge in [-0.2, -0.15) is 13.2 Å². The molecule has 2 amide bonds. The van der Waals surface area contributed by atoms with Gasteiger partial charge in [0.15, 0.2) is 15.6 Å². The number of amides is 2. The molecule has 1 aromatic carbocycles. The van der Waals surface area contributed by atoms with E-state index in [-0.39, 0.29) is 11.4 Å². The Morgan fingerprint density at radius 3 is 2.42 bits per heavy atom. The van der Waals surface area contributed by atoms with Crippen LogP contribution in [0.1, 0.15) is 48.2 Å². The Morgan fingerprint density at radius 1 is 1.10 bits per heavy atom. The summed E-state index contributed by atoms with van der Waals surface area (Å²) in [6, 6.07) is 5.70. The van der Waals surface area contributed by atoms with Crippen molar-refractivity contribution in [3.8, 4) is 0 Å². The molecular weight excluding hydrogens is 437 g/mol. The first-order valence-corrected chi connectivity index (χ1v) is 11.4. The summed E-state index contributed by atoms with van der Waals surface area (Å²) in [4.78, 5) is 24.1. The van der Waals surface area contributed by atoms with E-state index in [1.165, 1.54) is 24.5 Å². The zero-order valence-electron chi connectivity index (χ0n) is 16.4. The lowest BCUT2D eigenvalue weighted by Crippen LogP contribution is -2.25. The van der Waals surface area contributed by atoms with Gasteiger partial charge in [0.1, 0.15) is 0 Å². The number of halogens is 3. The van der Waals surface area contributed by atoms with Crippen molar-refractivity contribution < 1.29 is 35.6 Å². The van der Waals surface area contributed by atoms with Crippen LogP contribution in [0.3, 0.4) is 0 Å². The maximum Gasteiger partial charge on any atom is 0.418 e. The van der Waals surface area contributed by atoms with Gasteiger partial charge in [0.25, 0.3) is 5.91 Å². The summed E-state index contributed by atoms with van der Waals surface area (Å²) in [6.07, 6.45) is -1.28. The number of hydrogen-bond donors (Lipinski definition) is 2. The molecule has 1 aliphatic carbocycles. The average Bonchev–Trinajstić information content (AvgIpc) is 3.41. The van der Waals surface area contributed by atoms with E-state index in [0.29, 0.717) is 18.9 Å². The summed E-state index contributed by atoms with van der Waals surface area (Å²) in [5.41, 5.74) is -1.83. The number of carbonyl (C=O) groups is 2. The number of sulfone groups is 1. The molecule has 0 atom stereocenters. The van der Waals surface area contributed by atoms with Gasteiger partial charge in [-0.3, -0.25) is 9.59 Å². The molecule has 0 radical (unpaired) electrons. The topological polar surface area (TPSA) is 105 Å². The average molecular weight is 458 g/mol. The maximum atomic E-state index is 13.5. The number of furan rings is 1. The fourth-order valence-electron chi connectivity index (χ4n) is 3.43. The highest BCUT2D eigenvalue weighted by molar-refractivity contribution is 7.92. The second kappa shape index (κ2) is 9.13. The predicted molar refractivity (Wildman–Crippen MR) is 107 cm³/mol. The van der Waals surface area contributed by atoms with Gasteiger partial charge in [-0.05, 0) is 43.2 Å². The van der Waals surface area contributed by atoms with Crippen molar-refractivity contribution in [3.05, 3.63) is 47.9 Å². The molecule has 1 fully saturated rings. The normalized spacial score (nSPS) is 15.1. The van der Waals surface area contributed by atoms with Crippen LogP contribution in [0.2, 0.25) is 0 Å². The zero-order valence-corrected chi connectivity index (χ0v) is 17.2. The molecule has 1 saturated carbocycles. The van der Waals surface area contributed by atoms with Gasteiger partial charge in [0.05, 0.1) is 28.5 Å². The van der Waals surface area contributed by atoms with Crippen molar-refractivity contribution in [2.75, 3.05) is 16.4 Å². The van der Waals surface area contributed by atoms with E-state index >= 15 is 0 Å². The van der Waals surface area contributed by atoms with Gasteiger partial charge in [-0.25, -0.2) is 8.42 Å². The van der Waals surface area contributed by atoms with Crippen LogP contribution in [0.15, 0.2) is 41.0 Å². The van der Waals surface area contributed by atoms with Crippen LogP contribution in [0, 0.1) is 0 Å². The van der Waals surface area contributed by atoms with Crippen LogP contribution >= 0.6 is 0 Å². The van der Waals surface area contributed by atoms with Crippen LogP contribution in [-0.2, 0) is 20.8 Å². The molecule has 0 aliphatic heterocycles. The van der Waals surface area contributed by atoms with Gasteiger partial charge in [0.2, 0.25) is 5.91 Å². The number of alkyl halides is 3. The smallest absolute Gasteiger partial charge is 0.418 e. The third kappa shape index (κ3) is 5.87. The minimum Gasteiger partial charge on any atom is -0.459 e. The quantitative estimate of drug-likeness (QED) is 0.646. The summed E-state index contributed by atoms with van der Waals surface area (Å²) < 4.78 is 69.9. The Morgan fingerprint density at radius 2 is 1.81 bits per heavy atom. The molecule has 0 bridgehead atoms. The molecule has 3 rings (SSSR count). The van der Waals surface area contributed by atoms with Crippen molar-refractivity contribution in [2.45, 2.75) is 43.5 Å². The molecule has 0 unspecified atom stereocenters. The van der Waals surface area contributed by atoms with Crippen molar-refractivity contribution in [1.29, 1.82) is 0 Å². The molecule has 2 aromatic rings. The molecule has 0 spiro atoms. The molecular formula is C20H21F3N2O5S. The Bertz CT molecular complexity index is 1040. The van der Waals surface area contributed by atoms with Gasteiger partial charge in [-0.15, -0.1) is 0 Å². The number of rotatable bonds is 7. The van der Waals surface area contributed by atoms with Crippen molar-refractivity contribution in [2.24, 2.45) is 0 Å². The molecule has 1 aliphatic rings. The van der Waals surface area contributed by atoms with E-state index in [1.807, 2.05) is 0 Å². The van der Waals surface area contributed by atoms with E-state index in [1.54, 1.807) is 0 Å². The third-order valence-corrected chi connectivity index (χ3v) is 7.29. The lowest BCUT2D eigenvalue weighted by atomic mass is 10.1. The van der Waals surface area contributed by atoms with Crippen molar-refractivity contribution >= 4 is 33.0 Å². The standard InChI is InChI=1S/C20H21F3N2O5S/c21-20(22,23)15-12-13(24-19(27)17-6-3-10-30-17)7-8-16(15)25-18(26)9-11-31(28,29)14-4-1-2-5-14/h3,6-8,10,12,14H,1-2,4-5,9,11H2,(H,24,27)(H,25,26). The van der Waals surface area contributed by atoms with Crippen molar-refractivity contribution in [1.82, 2.24) is 0 Å². The lowest BCUT2D eigenvalue weighted by molar-refractivity contribution is -0.136. The summed E-state index contributed by atoms with van der Waals surface area (Å²) in [6.45, 7) is 0. The summed E-state index contributed by atoms with van der Waals surface area (Å²) in [7, 11) is -3.47. The Hall–Kier alpha value is -2.82. The van der Waals surface area contributed by atoms with Crippen LogP contribution in [-0.4, -0.2) is 31.2 Å². The minimum absolute atomic E-state index is 0.0746. The first-order chi connectivity index (χ1) is 14.6. The fraction of sp³-hybridized carbons (Fsp3) is 0.400. The number of nitrogens with one attached hydrogen (secondary N) is 2. The summed E-state index contributed by atoms with van der Waals surface area (Å²) in [5, 5.41) is 3.94.